The molecule has 4 heteroatoms. The average Bonchev–Trinajstić information content (AvgIpc) is 2.67. The summed E-state index contributed by atoms with van der Waals surface area (Å²) >= 11 is 0. The van der Waals surface area contributed by atoms with Gasteiger partial charge in [0.1, 0.15) is 0 Å². The number of carboxylic acids is 1. The Kier molecular flexibility index (Phi) is 2.33. The summed E-state index contributed by atoms with van der Waals surface area (Å²) in [6, 6.07) is -0.0691. The van der Waals surface area contributed by atoms with Gasteiger partial charge < -0.3 is 15.5 Å². The van der Waals surface area contributed by atoms with Gasteiger partial charge in [-0.05, 0) is 18.3 Å². The molecule has 4 nitrogen and oxygen atoms in total. The summed E-state index contributed by atoms with van der Waals surface area (Å²) < 4.78 is 0. The van der Waals surface area contributed by atoms with E-state index in [0.29, 0.717) is 6.42 Å². The first kappa shape index (κ1) is 9.68. The van der Waals surface area contributed by atoms with E-state index in [2.05, 4.69) is 11.9 Å². The lowest BCUT2D eigenvalue weighted by Crippen LogP contribution is -2.36. The summed E-state index contributed by atoms with van der Waals surface area (Å²) in [6.45, 7) is 4.69. The molecular weight excluding hydrogens is 182 g/mol. The van der Waals surface area contributed by atoms with E-state index in [1.807, 2.05) is 0 Å². The quantitative estimate of drug-likeness (QED) is 0.538. The van der Waals surface area contributed by atoms with Crippen molar-refractivity contribution in [2.75, 3.05) is 13.2 Å². The van der Waals surface area contributed by atoms with Gasteiger partial charge in [0.25, 0.3) is 0 Å². The molecule has 2 fully saturated rings. The highest BCUT2D eigenvalue weighted by molar-refractivity contribution is 5.72. The highest BCUT2D eigenvalue weighted by Gasteiger charge is 2.49. The van der Waals surface area contributed by atoms with Crippen molar-refractivity contribution < 1.29 is 15.0 Å². The van der Waals surface area contributed by atoms with Crippen molar-refractivity contribution in [1.29, 1.82) is 0 Å². The zero-order valence-electron chi connectivity index (χ0n) is 7.94. The van der Waals surface area contributed by atoms with Crippen LogP contribution >= 0.6 is 0 Å². The largest absolute Gasteiger partial charge is 0.481 e. The molecule has 2 aliphatic rings. The average molecular weight is 197 g/mol. The number of carbonyl (C=O) groups is 1. The second-order valence-corrected chi connectivity index (χ2v) is 4.19. The Bertz CT molecular complexity index is 277. The van der Waals surface area contributed by atoms with E-state index in [9.17, 15) is 4.79 Å². The van der Waals surface area contributed by atoms with E-state index in [-0.39, 0.29) is 30.4 Å². The van der Waals surface area contributed by atoms with E-state index < -0.39 is 5.97 Å². The number of hydrogen-bond acceptors (Lipinski definition) is 3. The number of nitrogens with one attached hydrogen (secondary N) is 1. The topological polar surface area (TPSA) is 69.6 Å². The van der Waals surface area contributed by atoms with Gasteiger partial charge in [0.2, 0.25) is 0 Å². The van der Waals surface area contributed by atoms with Gasteiger partial charge in [-0.3, -0.25) is 4.79 Å². The zero-order valence-corrected chi connectivity index (χ0v) is 7.94. The minimum absolute atomic E-state index is 0.0121. The summed E-state index contributed by atoms with van der Waals surface area (Å²) in [6.07, 6.45) is 0.572. The molecular formula is C10H15NO3. The van der Waals surface area contributed by atoms with Crippen molar-refractivity contribution in [1.82, 2.24) is 5.32 Å². The number of fused-ring (bicyclic) bond motifs is 1. The summed E-state index contributed by atoms with van der Waals surface area (Å²) in [4.78, 5) is 11.0. The predicted molar refractivity (Wildman–Crippen MR) is 50.7 cm³/mol. The van der Waals surface area contributed by atoms with Crippen LogP contribution in [0.2, 0.25) is 0 Å². The van der Waals surface area contributed by atoms with Crippen LogP contribution in [0.3, 0.4) is 0 Å². The maximum Gasteiger partial charge on any atom is 0.307 e. The van der Waals surface area contributed by atoms with Crippen LogP contribution in [0.4, 0.5) is 0 Å². The van der Waals surface area contributed by atoms with Crippen molar-refractivity contribution in [2.24, 2.45) is 17.8 Å². The molecule has 0 bridgehead atoms. The van der Waals surface area contributed by atoms with Crippen molar-refractivity contribution in [2.45, 2.75) is 12.5 Å². The van der Waals surface area contributed by atoms with Crippen LogP contribution in [-0.2, 0) is 4.79 Å². The first-order valence-electron chi connectivity index (χ1n) is 4.90. The fraction of sp³-hybridized carbons (Fsp3) is 0.700. The van der Waals surface area contributed by atoms with Crippen LogP contribution in [0.25, 0.3) is 0 Å². The van der Waals surface area contributed by atoms with Gasteiger partial charge in [-0.15, -0.1) is 0 Å². The molecule has 0 aromatic carbocycles. The Labute approximate surface area is 82.6 Å². The van der Waals surface area contributed by atoms with Gasteiger partial charge in [-0.1, -0.05) is 12.2 Å². The lowest BCUT2D eigenvalue weighted by molar-refractivity contribution is -0.143. The van der Waals surface area contributed by atoms with E-state index >= 15 is 0 Å². The Morgan fingerprint density at radius 1 is 1.64 bits per heavy atom. The lowest BCUT2D eigenvalue weighted by Gasteiger charge is -2.20. The van der Waals surface area contributed by atoms with Gasteiger partial charge in [-0.25, -0.2) is 0 Å². The standard InChI is InChI=1S/C10H15NO3/c1-5-2-6(10(13)14)9-7(5)3-11-8(9)4-12/h6-9,11-12H,1-4H2,(H,13,14)/t6-,7-,8+,9+/m0/s1. The van der Waals surface area contributed by atoms with E-state index in [4.69, 9.17) is 10.2 Å². The fourth-order valence-electron chi connectivity index (χ4n) is 2.82. The monoisotopic (exact) mass is 197 g/mol. The van der Waals surface area contributed by atoms with Gasteiger partial charge in [0.15, 0.2) is 0 Å². The minimum atomic E-state index is -0.763. The van der Waals surface area contributed by atoms with E-state index in [0.717, 1.165) is 12.1 Å². The number of carboxylic acid groups (broad SMARTS) is 1. The number of aliphatic hydroxyl groups is 1. The Morgan fingerprint density at radius 2 is 2.36 bits per heavy atom. The third-order valence-electron chi connectivity index (χ3n) is 3.51. The first-order valence-corrected chi connectivity index (χ1v) is 4.90. The molecule has 14 heavy (non-hydrogen) atoms. The van der Waals surface area contributed by atoms with Gasteiger partial charge in [0.05, 0.1) is 12.5 Å². The second kappa shape index (κ2) is 3.37. The SMILES string of the molecule is C=C1C[C@H](C(=O)O)[C@H]2[C@@H](CO)NC[C@@H]12. The third kappa shape index (κ3) is 1.26. The summed E-state index contributed by atoms with van der Waals surface area (Å²) in [5.41, 5.74) is 1.02. The van der Waals surface area contributed by atoms with Gasteiger partial charge >= 0.3 is 5.97 Å². The maximum absolute atomic E-state index is 11.0. The third-order valence-corrected chi connectivity index (χ3v) is 3.51. The zero-order chi connectivity index (χ0) is 10.3. The van der Waals surface area contributed by atoms with Gasteiger partial charge in [-0.2, -0.15) is 0 Å². The molecule has 0 radical (unpaired) electrons. The number of aliphatic carboxylic acids is 1. The highest BCUT2D eigenvalue weighted by atomic mass is 16.4. The molecule has 1 heterocycles. The molecule has 0 aromatic rings. The molecule has 2 rings (SSSR count). The van der Waals surface area contributed by atoms with Crippen molar-refractivity contribution in [3.05, 3.63) is 12.2 Å². The van der Waals surface area contributed by atoms with Crippen molar-refractivity contribution in [3.8, 4) is 0 Å². The lowest BCUT2D eigenvalue weighted by atomic mass is 9.87. The molecule has 1 saturated heterocycles. The fourth-order valence-corrected chi connectivity index (χ4v) is 2.82. The molecule has 78 valence electrons. The first-order chi connectivity index (χ1) is 6.65. The second-order valence-electron chi connectivity index (χ2n) is 4.19. The highest BCUT2D eigenvalue weighted by Crippen LogP contribution is 2.45. The summed E-state index contributed by atoms with van der Waals surface area (Å²) in [5, 5.41) is 21.3. The van der Waals surface area contributed by atoms with Gasteiger partial charge in [0, 0.05) is 12.6 Å². The van der Waals surface area contributed by atoms with Crippen LogP contribution in [0.5, 0.6) is 0 Å². The van der Waals surface area contributed by atoms with Crippen LogP contribution in [-0.4, -0.2) is 35.4 Å². The van der Waals surface area contributed by atoms with Crippen molar-refractivity contribution in [3.63, 3.8) is 0 Å². The van der Waals surface area contributed by atoms with Crippen LogP contribution < -0.4 is 5.32 Å². The molecule has 1 aliphatic heterocycles. The summed E-state index contributed by atoms with van der Waals surface area (Å²) in [5.74, 6) is -0.848. The van der Waals surface area contributed by atoms with Crippen LogP contribution in [0.1, 0.15) is 6.42 Å². The Balaban J connectivity index is 2.22. The molecule has 0 spiro atoms. The molecule has 0 unspecified atom stereocenters. The maximum atomic E-state index is 11.0. The van der Waals surface area contributed by atoms with E-state index in [1.54, 1.807) is 0 Å². The van der Waals surface area contributed by atoms with Crippen molar-refractivity contribution >= 4 is 5.97 Å². The smallest absolute Gasteiger partial charge is 0.307 e. The predicted octanol–water partition coefficient (Wildman–Crippen LogP) is -0.156. The number of aliphatic hydroxyl groups excluding tert-OH is 1. The number of hydrogen-bond donors (Lipinski definition) is 3. The van der Waals surface area contributed by atoms with Crippen LogP contribution in [0.15, 0.2) is 12.2 Å². The molecule has 0 aromatic heterocycles. The van der Waals surface area contributed by atoms with Crippen LogP contribution in [0, 0.1) is 17.8 Å². The Morgan fingerprint density at radius 3 is 2.93 bits per heavy atom. The minimum Gasteiger partial charge on any atom is -0.481 e. The normalized spacial score (nSPS) is 41.4. The molecule has 3 N–H and O–H groups in total. The molecule has 1 aliphatic carbocycles. The van der Waals surface area contributed by atoms with E-state index in [1.165, 1.54) is 0 Å². The summed E-state index contributed by atoms with van der Waals surface area (Å²) in [7, 11) is 0. The Hall–Kier alpha value is -0.870. The molecule has 0 amide bonds. The molecule has 4 atom stereocenters. The number of rotatable bonds is 2. The molecule has 1 saturated carbocycles.